The molecule has 0 aliphatic heterocycles. The smallest absolute Gasteiger partial charge is 0.124 e. The summed E-state index contributed by atoms with van der Waals surface area (Å²) < 4.78 is 5.98. The molecule has 1 fully saturated rings. The van der Waals surface area contributed by atoms with Crippen LogP contribution in [0.1, 0.15) is 44.2 Å². The fourth-order valence-corrected chi connectivity index (χ4v) is 2.35. The molecule has 2 N–H and O–H groups in total. The second-order valence-corrected chi connectivity index (χ2v) is 4.93. The van der Waals surface area contributed by atoms with E-state index in [9.17, 15) is 0 Å². The lowest BCUT2D eigenvalue weighted by Crippen LogP contribution is -2.14. The monoisotopic (exact) mass is 239 g/mol. The minimum atomic E-state index is -0.0462. The van der Waals surface area contributed by atoms with Crippen LogP contribution in [-0.2, 0) is 0 Å². The molecule has 0 heterocycles. The number of nitrogens with two attached hydrogens (primary N) is 1. The Labute approximate surface area is 102 Å². The van der Waals surface area contributed by atoms with Crippen molar-refractivity contribution in [1.29, 1.82) is 0 Å². The maximum absolute atomic E-state index is 5.98. The lowest BCUT2D eigenvalue weighted by Gasteiger charge is -2.18. The second kappa shape index (κ2) is 5.07. The Morgan fingerprint density at radius 1 is 1.38 bits per heavy atom. The van der Waals surface area contributed by atoms with Gasteiger partial charge in [0, 0.05) is 16.6 Å². The van der Waals surface area contributed by atoms with Crippen LogP contribution < -0.4 is 10.5 Å². The standard InChI is InChI=1S/C13H18ClNO/c1-9(15)12-8-10(14)6-7-13(12)16-11-4-2-3-5-11/h6-9,11H,2-5,15H2,1H3. The van der Waals surface area contributed by atoms with Gasteiger partial charge >= 0.3 is 0 Å². The minimum Gasteiger partial charge on any atom is -0.490 e. The molecule has 1 atom stereocenters. The van der Waals surface area contributed by atoms with Gasteiger partial charge in [0.1, 0.15) is 5.75 Å². The Morgan fingerprint density at radius 2 is 2.06 bits per heavy atom. The SMILES string of the molecule is CC(N)c1cc(Cl)ccc1OC1CCCC1. The summed E-state index contributed by atoms with van der Waals surface area (Å²) >= 11 is 5.97. The van der Waals surface area contributed by atoms with Crippen LogP contribution in [0.4, 0.5) is 0 Å². The van der Waals surface area contributed by atoms with Crippen molar-refractivity contribution in [3.8, 4) is 5.75 Å². The zero-order chi connectivity index (χ0) is 11.5. The average Bonchev–Trinajstić information content (AvgIpc) is 2.73. The molecule has 1 saturated carbocycles. The van der Waals surface area contributed by atoms with Gasteiger partial charge in [-0.25, -0.2) is 0 Å². The fourth-order valence-electron chi connectivity index (χ4n) is 2.17. The molecular weight excluding hydrogens is 222 g/mol. The summed E-state index contributed by atoms with van der Waals surface area (Å²) in [7, 11) is 0. The first-order chi connectivity index (χ1) is 7.66. The quantitative estimate of drug-likeness (QED) is 0.873. The maximum Gasteiger partial charge on any atom is 0.124 e. The van der Waals surface area contributed by atoms with Crippen molar-refractivity contribution in [2.24, 2.45) is 5.73 Å². The largest absolute Gasteiger partial charge is 0.490 e. The summed E-state index contributed by atoms with van der Waals surface area (Å²) in [5.41, 5.74) is 6.92. The zero-order valence-electron chi connectivity index (χ0n) is 9.58. The molecule has 0 bridgehead atoms. The van der Waals surface area contributed by atoms with Crippen LogP contribution in [0.15, 0.2) is 18.2 Å². The fraction of sp³-hybridized carbons (Fsp3) is 0.538. The Kier molecular flexibility index (Phi) is 3.72. The molecule has 0 spiro atoms. The van der Waals surface area contributed by atoms with E-state index in [2.05, 4.69) is 0 Å². The van der Waals surface area contributed by atoms with Crippen LogP contribution >= 0.6 is 11.6 Å². The lowest BCUT2D eigenvalue weighted by atomic mass is 10.1. The van der Waals surface area contributed by atoms with Gasteiger partial charge in [0.05, 0.1) is 6.10 Å². The summed E-state index contributed by atoms with van der Waals surface area (Å²) in [6, 6.07) is 5.64. The molecule has 1 unspecified atom stereocenters. The Balaban J connectivity index is 2.18. The summed E-state index contributed by atoms with van der Waals surface area (Å²) in [6.45, 7) is 1.95. The third-order valence-electron chi connectivity index (χ3n) is 3.06. The van der Waals surface area contributed by atoms with Crippen molar-refractivity contribution in [2.45, 2.75) is 44.8 Å². The van der Waals surface area contributed by atoms with Gasteiger partial charge in [0.25, 0.3) is 0 Å². The number of hydrogen-bond donors (Lipinski definition) is 1. The van der Waals surface area contributed by atoms with Gasteiger partial charge in [-0.05, 0) is 50.8 Å². The van der Waals surface area contributed by atoms with Gasteiger partial charge < -0.3 is 10.5 Å². The van der Waals surface area contributed by atoms with Crippen LogP contribution in [0.3, 0.4) is 0 Å². The number of halogens is 1. The summed E-state index contributed by atoms with van der Waals surface area (Å²) in [5, 5.41) is 0.714. The van der Waals surface area contributed by atoms with E-state index in [4.69, 9.17) is 22.1 Å². The minimum absolute atomic E-state index is 0.0462. The molecule has 0 saturated heterocycles. The Hall–Kier alpha value is -0.730. The molecular formula is C13H18ClNO. The lowest BCUT2D eigenvalue weighted by molar-refractivity contribution is 0.207. The highest BCUT2D eigenvalue weighted by molar-refractivity contribution is 6.30. The van der Waals surface area contributed by atoms with Gasteiger partial charge in [-0.3, -0.25) is 0 Å². The highest BCUT2D eigenvalue weighted by Crippen LogP contribution is 2.31. The maximum atomic E-state index is 5.98. The van der Waals surface area contributed by atoms with Crippen LogP contribution in [0, 0.1) is 0 Å². The van der Waals surface area contributed by atoms with Crippen LogP contribution in [0.25, 0.3) is 0 Å². The molecule has 0 radical (unpaired) electrons. The number of ether oxygens (including phenoxy) is 1. The van der Waals surface area contributed by atoms with Crippen molar-refractivity contribution in [3.63, 3.8) is 0 Å². The van der Waals surface area contributed by atoms with E-state index in [0.717, 1.165) is 24.2 Å². The van der Waals surface area contributed by atoms with Crippen molar-refractivity contribution < 1.29 is 4.74 Å². The molecule has 0 amide bonds. The van der Waals surface area contributed by atoms with Crippen LogP contribution in [-0.4, -0.2) is 6.10 Å². The second-order valence-electron chi connectivity index (χ2n) is 4.50. The van der Waals surface area contributed by atoms with Crippen molar-refractivity contribution >= 4 is 11.6 Å². The van der Waals surface area contributed by atoms with Crippen molar-refractivity contribution in [3.05, 3.63) is 28.8 Å². The highest BCUT2D eigenvalue weighted by atomic mass is 35.5. The molecule has 16 heavy (non-hydrogen) atoms. The predicted octanol–water partition coefficient (Wildman–Crippen LogP) is 3.68. The molecule has 2 nitrogen and oxygen atoms in total. The van der Waals surface area contributed by atoms with Crippen LogP contribution in [0.2, 0.25) is 5.02 Å². The van der Waals surface area contributed by atoms with E-state index in [1.54, 1.807) is 0 Å². The highest BCUT2D eigenvalue weighted by Gasteiger charge is 2.18. The zero-order valence-corrected chi connectivity index (χ0v) is 10.3. The Bertz CT molecular complexity index is 359. The van der Waals surface area contributed by atoms with Gasteiger partial charge in [-0.15, -0.1) is 0 Å². The van der Waals surface area contributed by atoms with E-state index in [1.807, 2.05) is 25.1 Å². The molecule has 1 aromatic carbocycles. The molecule has 2 rings (SSSR count). The molecule has 1 aliphatic carbocycles. The van der Waals surface area contributed by atoms with Gasteiger partial charge in [-0.1, -0.05) is 11.6 Å². The van der Waals surface area contributed by atoms with E-state index >= 15 is 0 Å². The molecule has 0 aromatic heterocycles. The molecule has 88 valence electrons. The average molecular weight is 240 g/mol. The summed E-state index contributed by atoms with van der Waals surface area (Å²) in [5.74, 6) is 0.895. The topological polar surface area (TPSA) is 35.2 Å². The molecule has 1 aromatic rings. The van der Waals surface area contributed by atoms with E-state index in [1.165, 1.54) is 12.8 Å². The summed E-state index contributed by atoms with van der Waals surface area (Å²) in [4.78, 5) is 0. The van der Waals surface area contributed by atoms with Crippen molar-refractivity contribution in [2.75, 3.05) is 0 Å². The first-order valence-electron chi connectivity index (χ1n) is 5.88. The number of hydrogen-bond acceptors (Lipinski definition) is 2. The third-order valence-corrected chi connectivity index (χ3v) is 3.29. The van der Waals surface area contributed by atoms with E-state index in [0.29, 0.717) is 11.1 Å². The normalized spacial score (nSPS) is 18.7. The van der Waals surface area contributed by atoms with Gasteiger partial charge in [0.2, 0.25) is 0 Å². The predicted molar refractivity (Wildman–Crippen MR) is 66.9 cm³/mol. The number of benzene rings is 1. The van der Waals surface area contributed by atoms with Gasteiger partial charge in [0.15, 0.2) is 0 Å². The molecule has 1 aliphatic rings. The Morgan fingerprint density at radius 3 is 2.69 bits per heavy atom. The number of rotatable bonds is 3. The molecule has 3 heteroatoms. The van der Waals surface area contributed by atoms with Crippen molar-refractivity contribution in [1.82, 2.24) is 0 Å². The first kappa shape index (κ1) is 11.7. The first-order valence-corrected chi connectivity index (χ1v) is 6.26. The summed E-state index contributed by atoms with van der Waals surface area (Å²) in [6.07, 6.45) is 5.21. The third kappa shape index (κ3) is 2.69. The van der Waals surface area contributed by atoms with E-state index < -0.39 is 0 Å². The van der Waals surface area contributed by atoms with E-state index in [-0.39, 0.29) is 6.04 Å². The van der Waals surface area contributed by atoms with Crippen LogP contribution in [0.5, 0.6) is 5.75 Å². The van der Waals surface area contributed by atoms with Gasteiger partial charge in [-0.2, -0.15) is 0 Å².